The van der Waals surface area contributed by atoms with Crippen molar-refractivity contribution in [2.45, 2.75) is 0 Å². The summed E-state index contributed by atoms with van der Waals surface area (Å²) in [5.74, 6) is 0.761. The van der Waals surface area contributed by atoms with E-state index in [1.165, 1.54) is 0 Å². The third kappa shape index (κ3) is 3.27. The number of hydrogen-bond donors (Lipinski definition) is 2. The molecule has 0 amide bonds. The highest BCUT2D eigenvalue weighted by Gasteiger charge is 2.11. The summed E-state index contributed by atoms with van der Waals surface area (Å²) in [6.07, 6.45) is 0. The molecular formula is C16H13ClN6. The van der Waals surface area contributed by atoms with E-state index in [2.05, 4.69) is 20.2 Å². The molecule has 3 aromatic rings. The highest BCUT2D eigenvalue weighted by atomic mass is 35.5. The maximum absolute atomic E-state index is 6.03. The van der Waals surface area contributed by atoms with E-state index in [1.807, 2.05) is 42.5 Å². The average molecular weight is 325 g/mol. The van der Waals surface area contributed by atoms with Gasteiger partial charge in [-0.05, 0) is 12.1 Å². The van der Waals surface area contributed by atoms with Gasteiger partial charge in [0, 0.05) is 5.56 Å². The molecule has 3 rings (SSSR count). The number of halogens is 1. The summed E-state index contributed by atoms with van der Waals surface area (Å²) in [5, 5.41) is 8.57. The maximum atomic E-state index is 6.03. The first-order chi connectivity index (χ1) is 11.1. The molecule has 0 saturated carbocycles. The number of aromatic nitrogens is 2. The summed E-state index contributed by atoms with van der Waals surface area (Å²) in [5.41, 5.74) is 13.4. The van der Waals surface area contributed by atoms with Gasteiger partial charge in [0.15, 0.2) is 23.1 Å². The van der Waals surface area contributed by atoms with Crippen molar-refractivity contribution in [3.8, 4) is 11.4 Å². The van der Waals surface area contributed by atoms with Crippen LogP contribution in [-0.2, 0) is 0 Å². The highest BCUT2D eigenvalue weighted by molar-refractivity contribution is 6.32. The fourth-order valence-corrected chi connectivity index (χ4v) is 2.12. The van der Waals surface area contributed by atoms with Crippen LogP contribution in [0.4, 0.5) is 23.0 Å². The van der Waals surface area contributed by atoms with Crippen molar-refractivity contribution >= 4 is 34.6 Å². The minimum atomic E-state index is 0.159. The molecule has 6 nitrogen and oxygen atoms in total. The summed E-state index contributed by atoms with van der Waals surface area (Å²) in [4.78, 5) is 8.48. The molecule has 114 valence electrons. The fourth-order valence-electron chi connectivity index (χ4n) is 1.95. The van der Waals surface area contributed by atoms with Crippen LogP contribution in [0.5, 0.6) is 0 Å². The third-order valence-electron chi connectivity index (χ3n) is 3.08. The lowest BCUT2D eigenvalue weighted by Gasteiger charge is -2.06. The Morgan fingerprint density at radius 3 is 2.04 bits per heavy atom. The van der Waals surface area contributed by atoms with E-state index >= 15 is 0 Å². The molecule has 0 saturated heterocycles. The Morgan fingerprint density at radius 1 is 0.783 bits per heavy atom. The molecule has 1 heterocycles. The summed E-state index contributed by atoms with van der Waals surface area (Å²) in [6.45, 7) is 0. The summed E-state index contributed by atoms with van der Waals surface area (Å²) < 4.78 is 0. The van der Waals surface area contributed by atoms with Crippen molar-refractivity contribution < 1.29 is 0 Å². The Labute approximate surface area is 137 Å². The normalized spacial score (nSPS) is 11.0. The van der Waals surface area contributed by atoms with E-state index in [1.54, 1.807) is 12.1 Å². The van der Waals surface area contributed by atoms with Gasteiger partial charge in [0.05, 0.1) is 5.02 Å². The average Bonchev–Trinajstić information content (AvgIpc) is 2.56. The molecule has 0 aliphatic rings. The van der Waals surface area contributed by atoms with Crippen molar-refractivity contribution in [3.63, 3.8) is 0 Å². The quantitative estimate of drug-likeness (QED) is 0.698. The van der Waals surface area contributed by atoms with Gasteiger partial charge in [0.1, 0.15) is 5.69 Å². The number of rotatable bonds is 3. The highest BCUT2D eigenvalue weighted by Crippen LogP contribution is 2.32. The van der Waals surface area contributed by atoms with Gasteiger partial charge in [-0.1, -0.05) is 54.1 Å². The van der Waals surface area contributed by atoms with Crippen LogP contribution in [0, 0.1) is 0 Å². The topological polar surface area (TPSA) is 103 Å². The Morgan fingerprint density at radius 2 is 1.39 bits per heavy atom. The monoisotopic (exact) mass is 324 g/mol. The predicted molar refractivity (Wildman–Crippen MR) is 91.9 cm³/mol. The number of hydrogen-bond acceptors (Lipinski definition) is 6. The lowest BCUT2D eigenvalue weighted by molar-refractivity contribution is 1.14. The van der Waals surface area contributed by atoms with Crippen molar-refractivity contribution in [2.24, 2.45) is 10.2 Å². The zero-order valence-electron chi connectivity index (χ0n) is 12.0. The van der Waals surface area contributed by atoms with Gasteiger partial charge in [-0.25, -0.2) is 9.97 Å². The number of nitrogens with two attached hydrogens (primary N) is 2. The Balaban J connectivity index is 1.97. The molecule has 0 atom stereocenters. The molecule has 0 unspecified atom stereocenters. The number of anilines is 2. The summed E-state index contributed by atoms with van der Waals surface area (Å²) >= 11 is 6.03. The van der Waals surface area contributed by atoms with Gasteiger partial charge < -0.3 is 11.5 Å². The van der Waals surface area contributed by atoms with Gasteiger partial charge in [-0.2, -0.15) is 0 Å². The second-order valence-electron chi connectivity index (χ2n) is 4.68. The summed E-state index contributed by atoms with van der Waals surface area (Å²) in [7, 11) is 0. The standard InChI is InChI=1S/C16H13ClN6/c17-11-8-4-5-9-12(11)22-23-13-14(18)20-16(21-15(13)19)10-6-2-1-3-7-10/h1-9H,(H4,18,19,20,21). The van der Waals surface area contributed by atoms with E-state index in [-0.39, 0.29) is 17.3 Å². The lowest BCUT2D eigenvalue weighted by Crippen LogP contribution is -2.01. The van der Waals surface area contributed by atoms with Crippen LogP contribution in [0.1, 0.15) is 0 Å². The molecule has 0 fully saturated rings. The fraction of sp³-hybridized carbons (Fsp3) is 0. The van der Waals surface area contributed by atoms with Gasteiger partial charge in [0.25, 0.3) is 0 Å². The molecule has 0 radical (unpaired) electrons. The molecule has 4 N–H and O–H groups in total. The van der Waals surface area contributed by atoms with Gasteiger partial charge in [0.2, 0.25) is 0 Å². The molecule has 0 bridgehead atoms. The number of benzene rings is 2. The van der Waals surface area contributed by atoms with Crippen molar-refractivity contribution in [1.29, 1.82) is 0 Å². The predicted octanol–water partition coefficient (Wildman–Crippen LogP) is 4.38. The molecule has 0 spiro atoms. The lowest BCUT2D eigenvalue weighted by atomic mass is 10.2. The van der Waals surface area contributed by atoms with E-state index in [4.69, 9.17) is 23.1 Å². The molecule has 7 heteroatoms. The second kappa shape index (κ2) is 6.41. The SMILES string of the molecule is Nc1nc(-c2ccccc2)nc(N)c1N=Nc1ccccc1Cl. The first-order valence-electron chi connectivity index (χ1n) is 6.80. The van der Waals surface area contributed by atoms with E-state index < -0.39 is 0 Å². The van der Waals surface area contributed by atoms with Crippen LogP contribution in [0.3, 0.4) is 0 Å². The van der Waals surface area contributed by atoms with E-state index in [0.717, 1.165) is 5.56 Å². The third-order valence-corrected chi connectivity index (χ3v) is 3.40. The molecule has 1 aromatic heterocycles. The Bertz CT molecular complexity index is 840. The van der Waals surface area contributed by atoms with Crippen LogP contribution >= 0.6 is 11.6 Å². The first kappa shape index (κ1) is 14.9. The molecular weight excluding hydrogens is 312 g/mol. The molecule has 23 heavy (non-hydrogen) atoms. The number of nitrogens with zero attached hydrogens (tertiary/aromatic N) is 4. The zero-order valence-corrected chi connectivity index (χ0v) is 12.8. The molecule has 0 aliphatic carbocycles. The van der Waals surface area contributed by atoms with Gasteiger partial charge in [-0.15, -0.1) is 10.2 Å². The van der Waals surface area contributed by atoms with Crippen LogP contribution in [0.15, 0.2) is 64.8 Å². The second-order valence-corrected chi connectivity index (χ2v) is 5.09. The van der Waals surface area contributed by atoms with Gasteiger partial charge >= 0.3 is 0 Å². The zero-order chi connectivity index (χ0) is 16.2. The van der Waals surface area contributed by atoms with Crippen LogP contribution < -0.4 is 11.5 Å². The minimum absolute atomic E-state index is 0.159. The number of azo groups is 1. The largest absolute Gasteiger partial charge is 0.382 e. The van der Waals surface area contributed by atoms with Crippen molar-refractivity contribution in [2.75, 3.05) is 11.5 Å². The minimum Gasteiger partial charge on any atom is -0.382 e. The molecule has 2 aromatic carbocycles. The van der Waals surface area contributed by atoms with Crippen LogP contribution in [0.2, 0.25) is 5.02 Å². The first-order valence-corrected chi connectivity index (χ1v) is 7.17. The van der Waals surface area contributed by atoms with Crippen molar-refractivity contribution in [1.82, 2.24) is 9.97 Å². The van der Waals surface area contributed by atoms with E-state index in [0.29, 0.717) is 16.5 Å². The number of nitrogen functional groups attached to an aromatic ring is 2. The molecule has 0 aliphatic heterocycles. The Kier molecular flexibility index (Phi) is 4.16. The maximum Gasteiger partial charge on any atom is 0.170 e. The summed E-state index contributed by atoms with van der Waals surface area (Å²) in [6, 6.07) is 16.5. The van der Waals surface area contributed by atoms with Gasteiger partial charge in [-0.3, -0.25) is 0 Å². The van der Waals surface area contributed by atoms with E-state index in [9.17, 15) is 0 Å². The van der Waals surface area contributed by atoms with Crippen LogP contribution in [-0.4, -0.2) is 9.97 Å². The smallest absolute Gasteiger partial charge is 0.170 e. The Hall–Kier alpha value is -2.99. The van der Waals surface area contributed by atoms with Crippen molar-refractivity contribution in [3.05, 3.63) is 59.6 Å². The van der Waals surface area contributed by atoms with Crippen LogP contribution in [0.25, 0.3) is 11.4 Å².